The van der Waals surface area contributed by atoms with Crippen molar-refractivity contribution in [3.63, 3.8) is 0 Å². The van der Waals surface area contributed by atoms with Gasteiger partial charge in [0.15, 0.2) is 0 Å². The Kier molecular flexibility index (Phi) is 4.21. The molecule has 3 heteroatoms. The molecule has 0 radical (unpaired) electrons. The third-order valence-electron chi connectivity index (χ3n) is 3.95. The molecule has 19 heavy (non-hydrogen) atoms. The molecule has 1 aliphatic rings. The maximum atomic E-state index is 13.2. The van der Waals surface area contributed by atoms with E-state index in [-0.39, 0.29) is 5.56 Å². The molecule has 0 aliphatic heterocycles. The smallest absolute Gasteiger partial charge is 0.140 e. The van der Waals surface area contributed by atoms with Crippen molar-refractivity contribution in [2.24, 2.45) is 5.41 Å². The zero-order chi connectivity index (χ0) is 13.9. The lowest BCUT2D eigenvalue weighted by atomic mass is 9.75. The predicted octanol–water partition coefficient (Wildman–Crippen LogP) is 3.76. The highest BCUT2D eigenvalue weighted by atomic mass is 19.1. The van der Waals surface area contributed by atoms with Crippen LogP contribution in [0.25, 0.3) is 0 Å². The van der Waals surface area contributed by atoms with Gasteiger partial charge in [-0.2, -0.15) is 5.26 Å². The van der Waals surface area contributed by atoms with Crippen LogP contribution >= 0.6 is 0 Å². The topological polar surface area (TPSA) is 35.8 Å². The van der Waals surface area contributed by atoms with Gasteiger partial charge in [0.25, 0.3) is 0 Å². The molecule has 102 valence electrons. The average Bonchev–Trinajstić information content (AvgIpc) is 2.36. The number of hydrogen-bond acceptors (Lipinski definition) is 2. The summed E-state index contributed by atoms with van der Waals surface area (Å²) in [5, 5.41) is 12.4. The molecule has 0 aromatic heterocycles. The monoisotopic (exact) mass is 260 g/mol. The second-order valence-electron chi connectivity index (χ2n) is 6.26. The molecule has 1 atom stereocenters. The van der Waals surface area contributed by atoms with Crippen molar-refractivity contribution in [2.75, 3.05) is 0 Å². The largest absolute Gasteiger partial charge is 0.310 e. The van der Waals surface area contributed by atoms with Crippen LogP contribution < -0.4 is 5.32 Å². The molecule has 0 spiro atoms. The van der Waals surface area contributed by atoms with E-state index in [4.69, 9.17) is 5.26 Å². The Morgan fingerprint density at radius 3 is 2.95 bits per heavy atom. The maximum absolute atomic E-state index is 13.2. The van der Waals surface area contributed by atoms with E-state index in [2.05, 4.69) is 19.2 Å². The third kappa shape index (κ3) is 3.78. The van der Waals surface area contributed by atoms with Gasteiger partial charge in [0.1, 0.15) is 11.9 Å². The highest BCUT2D eigenvalue weighted by molar-refractivity contribution is 5.34. The van der Waals surface area contributed by atoms with E-state index in [1.165, 1.54) is 31.7 Å². The molecule has 0 saturated heterocycles. The van der Waals surface area contributed by atoms with Crippen molar-refractivity contribution in [1.29, 1.82) is 5.26 Å². The van der Waals surface area contributed by atoms with Gasteiger partial charge in [0.2, 0.25) is 0 Å². The number of rotatable bonds is 3. The highest BCUT2D eigenvalue weighted by Gasteiger charge is 2.27. The second-order valence-corrected chi connectivity index (χ2v) is 6.26. The molecule has 1 saturated carbocycles. The first kappa shape index (κ1) is 14.0. The summed E-state index contributed by atoms with van der Waals surface area (Å²) in [6.07, 6.45) is 4.94. The molecule has 2 rings (SSSR count). The Morgan fingerprint density at radius 1 is 1.47 bits per heavy atom. The molecule has 2 nitrogen and oxygen atoms in total. The van der Waals surface area contributed by atoms with E-state index in [1.807, 2.05) is 6.07 Å². The van der Waals surface area contributed by atoms with Crippen LogP contribution in [-0.4, -0.2) is 6.04 Å². The van der Waals surface area contributed by atoms with Crippen LogP contribution in [0.5, 0.6) is 0 Å². The first-order valence-electron chi connectivity index (χ1n) is 6.92. The van der Waals surface area contributed by atoms with Crippen molar-refractivity contribution in [3.8, 4) is 6.07 Å². The van der Waals surface area contributed by atoms with Gasteiger partial charge in [-0.05, 0) is 42.4 Å². The summed E-state index contributed by atoms with van der Waals surface area (Å²) in [6.45, 7) is 5.33. The summed E-state index contributed by atoms with van der Waals surface area (Å²) >= 11 is 0. The van der Waals surface area contributed by atoms with Gasteiger partial charge < -0.3 is 5.32 Å². The van der Waals surface area contributed by atoms with E-state index in [1.54, 1.807) is 12.1 Å². The summed E-state index contributed by atoms with van der Waals surface area (Å²) in [5.74, 6) is -0.440. The van der Waals surface area contributed by atoms with Crippen LogP contribution in [0, 0.1) is 22.6 Å². The first-order chi connectivity index (χ1) is 9.00. The van der Waals surface area contributed by atoms with E-state index < -0.39 is 5.82 Å². The van der Waals surface area contributed by atoms with Crippen molar-refractivity contribution in [3.05, 3.63) is 35.1 Å². The molecule has 1 unspecified atom stereocenters. The zero-order valence-corrected chi connectivity index (χ0v) is 11.7. The van der Waals surface area contributed by atoms with Crippen LogP contribution in [0.15, 0.2) is 18.2 Å². The lowest BCUT2D eigenvalue weighted by Gasteiger charge is -2.35. The Bertz CT molecular complexity index is 488. The molecule has 1 aliphatic carbocycles. The lowest BCUT2D eigenvalue weighted by molar-refractivity contribution is 0.198. The van der Waals surface area contributed by atoms with Gasteiger partial charge in [-0.25, -0.2) is 4.39 Å². The molecule has 1 fully saturated rings. The number of nitrogens with one attached hydrogen (secondary N) is 1. The SMILES string of the molecule is CC1(C)CCCC(NCc2ccc(F)c(C#N)c2)C1. The Morgan fingerprint density at radius 2 is 2.26 bits per heavy atom. The van der Waals surface area contributed by atoms with Gasteiger partial charge in [-0.3, -0.25) is 0 Å². The van der Waals surface area contributed by atoms with E-state index in [0.717, 1.165) is 5.56 Å². The Hall–Kier alpha value is -1.40. The first-order valence-corrected chi connectivity index (χ1v) is 6.92. The van der Waals surface area contributed by atoms with E-state index in [0.29, 0.717) is 18.0 Å². The fraction of sp³-hybridized carbons (Fsp3) is 0.562. The van der Waals surface area contributed by atoms with Crippen LogP contribution in [0.3, 0.4) is 0 Å². The fourth-order valence-electron chi connectivity index (χ4n) is 2.90. The number of halogens is 1. The Labute approximate surface area is 114 Å². The molecule has 0 amide bonds. The zero-order valence-electron chi connectivity index (χ0n) is 11.7. The minimum Gasteiger partial charge on any atom is -0.310 e. The predicted molar refractivity (Wildman–Crippen MR) is 74.0 cm³/mol. The van der Waals surface area contributed by atoms with Crippen molar-refractivity contribution in [1.82, 2.24) is 5.32 Å². The highest BCUT2D eigenvalue weighted by Crippen LogP contribution is 2.35. The van der Waals surface area contributed by atoms with Gasteiger partial charge in [-0.15, -0.1) is 0 Å². The third-order valence-corrected chi connectivity index (χ3v) is 3.95. The molecule has 1 aromatic carbocycles. The van der Waals surface area contributed by atoms with Crippen LogP contribution in [0.4, 0.5) is 4.39 Å². The molecule has 1 N–H and O–H groups in total. The van der Waals surface area contributed by atoms with Crippen LogP contribution in [0.2, 0.25) is 0 Å². The van der Waals surface area contributed by atoms with Crippen LogP contribution in [0.1, 0.15) is 50.7 Å². The van der Waals surface area contributed by atoms with E-state index >= 15 is 0 Å². The summed E-state index contributed by atoms with van der Waals surface area (Å²) in [5.41, 5.74) is 1.51. The number of nitrogens with zero attached hydrogens (tertiary/aromatic N) is 1. The van der Waals surface area contributed by atoms with Crippen molar-refractivity contribution >= 4 is 0 Å². The molecule has 0 heterocycles. The standard InChI is InChI=1S/C16H21FN2/c1-16(2)7-3-4-14(9-16)19-11-12-5-6-15(17)13(8-12)10-18/h5-6,8,14,19H,3-4,7,9,11H2,1-2H3. The van der Waals surface area contributed by atoms with Gasteiger partial charge >= 0.3 is 0 Å². The summed E-state index contributed by atoms with van der Waals surface area (Å²) in [7, 11) is 0. The Balaban J connectivity index is 1.94. The van der Waals surface area contributed by atoms with Gasteiger partial charge in [-0.1, -0.05) is 26.3 Å². The van der Waals surface area contributed by atoms with Crippen LogP contribution in [-0.2, 0) is 6.54 Å². The number of hydrogen-bond donors (Lipinski definition) is 1. The van der Waals surface area contributed by atoms with Crippen molar-refractivity contribution < 1.29 is 4.39 Å². The van der Waals surface area contributed by atoms with Gasteiger partial charge in [0, 0.05) is 12.6 Å². The second kappa shape index (κ2) is 5.71. The minimum atomic E-state index is -0.440. The molecular formula is C16H21FN2. The summed E-state index contributed by atoms with van der Waals surface area (Å²) < 4.78 is 13.2. The lowest BCUT2D eigenvalue weighted by Crippen LogP contribution is -2.36. The fourth-order valence-corrected chi connectivity index (χ4v) is 2.90. The number of benzene rings is 1. The van der Waals surface area contributed by atoms with Crippen molar-refractivity contribution in [2.45, 2.75) is 52.1 Å². The summed E-state index contributed by atoms with van der Waals surface area (Å²) in [4.78, 5) is 0. The number of nitriles is 1. The summed E-state index contributed by atoms with van der Waals surface area (Å²) in [6, 6.07) is 7.17. The van der Waals surface area contributed by atoms with Gasteiger partial charge in [0.05, 0.1) is 5.56 Å². The quantitative estimate of drug-likeness (QED) is 0.898. The molecule has 0 bridgehead atoms. The average molecular weight is 260 g/mol. The molecular weight excluding hydrogens is 239 g/mol. The van der Waals surface area contributed by atoms with E-state index in [9.17, 15) is 4.39 Å². The minimum absolute atomic E-state index is 0.128. The maximum Gasteiger partial charge on any atom is 0.140 e. The normalized spacial score (nSPS) is 21.9. The molecule has 1 aromatic rings.